The Hall–Kier alpha value is -1.71. The second kappa shape index (κ2) is 31.2. The van der Waals surface area contributed by atoms with Crippen LogP contribution in [0.4, 0.5) is 0 Å². The second-order valence-electron chi connectivity index (χ2n) is 10.6. The van der Waals surface area contributed by atoms with E-state index in [0.717, 1.165) is 19.4 Å². The summed E-state index contributed by atoms with van der Waals surface area (Å²) in [7, 11) is 3.91. The van der Waals surface area contributed by atoms with Crippen LogP contribution in [0.3, 0.4) is 0 Å². The van der Waals surface area contributed by atoms with Crippen molar-refractivity contribution in [3.63, 3.8) is 0 Å². The van der Waals surface area contributed by atoms with Gasteiger partial charge in [0.05, 0.1) is 13.2 Å². The number of ether oxygens (including phenoxy) is 4. The van der Waals surface area contributed by atoms with Crippen LogP contribution in [-0.4, -0.2) is 87.7 Å². The lowest BCUT2D eigenvalue weighted by molar-refractivity contribution is -0.157. The Labute approximate surface area is 251 Å². The molecule has 0 aromatic heterocycles. The zero-order valence-corrected chi connectivity index (χ0v) is 27.3. The largest absolute Gasteiger partial charge is 0.464 e. The van der Waals surface area contributed by atoms with Gasteiger partial charge < -0.3 is 29.0 Å². The molecule has 1 N–H and O–H groups in total. The second-order valence-corrected chi connectivity index (χ2v) is 10.6. The summed E-state index contributed by atoms with van der Waals surface area (Å²) in [6, 6.07) is 0. The highest BCUT2D eigenvalue weighted by Crippen LogP contribution is 2.21. The van der Waals surface area contributed by atoms with Gasteiger partial charge >= 0.3 is 17.9 Å². The van der Waals surface area contributed by atoms with Gasteiger partial charge in [-0.2, -0.15) is 0 Å². The van der Waals surface area contributed by atoms with Crippen molar-refractivity contribution in [2.24, 2.45) is 5.92 Å². The van der Waals surface area contributed by atoms with Crippen molar-refractivity contribution in [3.05, 3.63) is 0 Å². The summed E-state index contributed by atoms with van der Waals surface area (Å²) in [6.45, 7) is 9.19. The van der Waals surface area contributed by atoms with Crippen molar-refractivity contribution < 1.29 is 38.4 Å². The first kappa shape index (κ1) is 41.4. The number of unbranched alkanes of at least 4 members (excludes halogenated alkanes) is 4. The molecule has 0 aromatic rings. The van der Waals surface area contributed by atoms with Crippen LogP contribution < -0.4 is 0 Å². The summed E-state index contributed by atoms with van der Waals surface area (Å²) in [5.41, 5.74) is 0. The molecule has 0 saturated carbocycles. The van der Waals surface area contributed by atoms with Crippen molar-refractivity contribution in [2.75, 3.05) is 53.7 Å². The van der Waals surface area contributed by atoms with E-state index in [4.69, 9.17) is 24.1 Å². The van der Waals surface area contributed by atoms with Crippen LogP contribution in [0.5, 0.6) is 0 Å². The zero-order valence-electron chi connectivity index (χ0n) is 27.3. The Kier molecular flexibility index (Phi) is 31.6. The van der Waals surface area contributed by atoms with Gasteiger partial charge in [-0.05, 0) is 65.1 Å². The zero-order chi connectivity index (χ0) is 31.1. The number of esters is 3. The van der Waals surface area contributed by atoms with E-state index in [9.17, 15) is 14.4 Å². The van der Waals surface area contributed by atoms with Gasteiger partial charge in [-0.3, -0.25) is 4.79 Å². The Balaban J connectivity index is 0. The molecule has 0 aliphatic carbocycles. The molecule has 0 aliphatic heterocycles. The van der Waals surface area contributed by atoms with E-state index >= 15 is 0 Å². The first-order chi connectivity index (χ1) is 19.8. The maximum absolute atomic E-state index is 12.1. The van der Waals surface area contributed by atoms with Crippen molar-refractivity contribution in [1.29, 1.82) is 0 Å². The SMILES string of the molecule is CC.CCCCCC(CCCCC)CCOC(=O)COCC(=O)OCCCC(CCCO)OC(=O)CCCN(C)C. The minimum absolute atomic E-state index is 0.0297. The molecule has 0 rings (SSSR count). The van der Waals surface area contributed by atoms with Crippen LogP contribution in [-0.2, 0) is 33.3 Å². The smallest absolute Gasteiger partial charge is 0.332 e. The summed E-state index contributed by atoms with van der Waals surface area (Å²) in [5.74, 6) is -0.688. The quantitative estimate of drug-likeness (QED) is 0.0691. The van der Waals surface area contributed by atoms with E-state index < -0.39 is 11.9 Å². The predicted molar refractivity (Wildman–Crippen MR) is 164 cm³/mol. The number of hydrogen-bond donors (Lipinski definition) is 1. The third kappa shape index (κ3) is 29.6. The summed E-state index contributed by atoms with van der Waals surface area (Å²) < 4.78 is 21.2. The molecular formula is C32H63NO8. The number of aliphatic hydroxyl groups is 1. The lowest BCUT2D eigenvalue weighted by atomic mass is 9.92. The number of aliphatic hydroxyl groups excluding tert-OH is 1. The summed E-state index contributed by atoms with van der Waals surface area (Å²) in [6.07, 6.45) is 13.5. The number of rotatable bonds is 27. The minimum Gasteiger partial charge on any atom is -0.464 e. The average molecular weight is 590 g/mol. The number of carbonyl (C=O) groups excluding carboxylic acids is 3. The highest BCUT2D eigenvalue weighted by molar-refractivity contribution is 5.73. The summed E-state index contributed by atoms with van der Waals surface area (Å²) in [5, 5.41) is 9.11. The monoisotopic (exact) mass is 589 g/mol. The van der Waals surface area contributed by atoms with Crippen LogP contribution >= 0.6 is 0 Å². The Bertz CT molecular complexity index is 605. The standard InChI is InChI=1S/C30H57NO8.C2H6/c1-5-7-9-14-26(15-10-8-6-2)19-23-38-30(35)25-36-24-29(34)37-22-13-17-27(16-12-21-32)39-28(33)18-11-20-31(3)4;1-2/h26-27,32H,5-25H2,1-4H3;1-2H3. The summed E-state index contributed by atoms with van der Waals surface area (Å²) >= 11 is 0. The van der Waals surface area contributed by atoms with E-state index in [1.807, 2.05) is 32.8 Å². The molecule has 41 heavy (non-hydrogen) atoms. The Morgan fingerprint density at radius 1 is 0.683 bits per heavy atom. The molecule has 0 radical (unpaired) electrons. The van der Waals surface area contributed by atoms with Crippen molar-refractivity contribution in [2.45, 2.75) is 130 Å². The molecule has 0 bridgehead atoms. The fourth-order valence-corrected chi connectivity index (χ4v) is 4.30. The first-order valence-corrected chi connectivity index (χ1v) is 16.2. The van der Waals surface area contributed by atoms with E-state index in [2.05, 4.69) is 13.8 Å². The maximum atomic E-state index is 12.1. The Morgan fingerprint density at radius 2 is 1.24 bits per heavy atom. The maximum Gasteiger partial charge on any atom is 0.332 e. The molecule has 9 heteroatoms. The normalized spacial score (nSPS) is 11.6. The van der Waals surface area contributed by atoms with Gasteiger partial charge in [-0.25, -0.2) is 9.59 Å². The Morgan fingerprint density at radius 3 is 1.78 bits per heavy atom. The molecule has 0 heterocycles. The lowest BCUT2D eigenvalue weighted by Crippen LogP contribution is -2.22. The molecule has 0 amide bonds. The van der Waals surface area contributed by atoms with Gasteiger partial charge in [-0.15, -0.1) is 0 Å². The van der Waals surface area contributed by atoms with Crippen molar-refractivity contribution in [1.82, 2.24) is 4.90 Å². The molecule has 9 nitrogen and oxygen atoms in total. The number of nitrogens with zero attached hydrogens (tertiary/aromatic N) is 1. The molecule has 0 saturated heterocycles. The van der Waals surface area contributed by atoms with Gasteiger partial charge in [0, 0.05) is 13.0 Å². The van der Waals surface area contributed by atoms with Gasteiger partial charge in [0.1, 0.15) is 19.3 Å². The molecule has 0 fully saturated rings. The van der Waals surface area contributed by atoms with E-state index in [0.29, 0.717) is 44.6 Å². The average Bonchev–Trinajstić information content (AvgIpc) is 2.94. The van der Waals surface area contributed by atoms with Gasteiger partial charge in [0.25, 0.3) is 0 Å². The van der Waals surface area contributed by atoms with Crippen molar-refractivity contribution in [3.8, 4) is 0 Å². The number of hydrogen-bond acceptors (Lipinski definition) is 9. The van der Waals surface area contributed by atoms with Crippen LogP contribution in [0.2, 0.25) is 0 Å². The molecule has 0 spiro atoms. The topological polar surface area (TPSA) is 112 Å². The number of carbonyl (C=O) groups is 3. The molecule has 244 valence electrons. The highest BCUT2D eigenvalue weighted by Gasteiger charge is 2.15. The first-order valence-electron chi connectivity index (χ1n) is 16.2. The van der Waals surface area contributed by atoms with Gasteiger partial charge in [0.2, 0.25) is 0 Å². The van der Waals surface area contributed by atoms with Crippen LogP contribution in [0, 0.1) is 5.92 Å². The fraction of sp³-hybridized carbons (Fsp3) is 0.906. The van der Waals surface area contributed by atoms with Crippen LogP contribution in [0.25, 0.3) is 0 Å². The van der Waals surface area contributed by atoms with Gasteiger partial charge in [-0.1, -0.05) is 79.1 Å². The highest BCUT2D eigenvalue weighted by atomic mass is 16.6. The van der Waals surface area contributed by atoms with Crippen LogP contribution in [0.1, 0.15) is 124 Å². The molecule has 0 aliphatic rings. The van der Waals surface area contributed by atoms with Crippen molar-refractivity contribution >= 4 is 17.9 Å². The van der Waals surface area contributed by atoms with E-state index in [1.54, 1.807) is 0 Å². The fourth-order valence-electron chi connectivity index (χ4n) is 4.30. The molecule has 0 aromatic carbocycles. The van der Waals surface area contributed by atoms with E-state index in [-0.39, 0.29) is 38.5 Å². The lowest BCUT2D eigenvalue weighted by Gasteiger charge is -2.18. The van der Waals surface area contributed by atoms with E-state index in [1.165, 1.54) is 51.4 Å². The minimum atomic E-state index is -0.553. The third-order valence-corrected chi connectivity index (χ3v) is 6.56. The summed E-state index contributed by atoms with van der Waals surface area (Å²) in [4.78, 5) is 38.0. The molecule has 1 unspecified atom stereocenters. The predicted octanol–water partition coefficient (Wildman–Crippen LogP) is 6.09. The van der Waals surface area contributed by atoms with Crippen LogP contribution in [0.15, 0.2) is 0 Å². The third-order valence-electron chi connectivity index (χ3n) is 6.56. The molecular weight excluding hydrogens is 526 g/mol. The van der Waals surface area contributed by atoms with Gasteiger partial charge in [0.15, 0.2) is 0 Å². The molecule has 1 atom stereocenters.